The van der Waals surface area contributed by atoms with Crippen LogP contribution < -0.4 is 9.64 Å². The number of hydrogen-bond donors (Lipinski definition) is 0. The lowest BCUT2D eigenvalue weighted by Gasteiger charge is -2.22. The van der Waals surface area contributed by atoms with Crippen molar-refractivity contribution >= 4 is 11.5 Å². The quantitative estimate of drug-likeness (QED) is 0.448. The molecule has 0 bridgehead atoms. The molecule has 0 spiro atoms. The van der Waals surface area contributed by atoms with Crippen LogP contribution in [0.5, 0.6) is 5.88 Å². The summed E-state index contributed by atoms with van der Waals surface area (Å²) in [6.45, 7) is 5.57. The molecule has 0 aliphatic carbocycles. The van der Waals surface area contributed by atoms with Crippen LogP contribution in [-0.4, -0.2) is 34.6 Å². The van der Waals surface area contributed by atoms with E-state index in [-0.39, 0.29) is 11.6 Å². The molecule has 3 rings (SSSR count). The zero-order chi connectivity index (χ0) is 18.5. The minimum Gasteiger partial charge on any atom is -0.473 e. The van der Waals surface area contributed by atoms with Gasteiger partial charge in [0.25, 0.3) is 5.88 Å². The summed E-state index contributed by atoms with van der Waals surface area (Å²) in [4.78, 5) is 21.9. The molecule has 0 fully saturated rings. The van der Waals surface area contributed by atoms with Crippen LogP contribution in [0.15, 0.2) is 24.3 Å². The molecule has 0 saturated carbocycles. The third-order valence-electron chi connectivity index (χ3n) is 4.58. The zero-order valence-corrected chi connectivity index (χ0v) is 15.3. The average Bonchev–Trinajstić information content (AvgIpc) is 2.84. The molecular weight excluding hydrogens is 332 g/mol. The predicted octanol–water partition coefficient (Wildman–Crippen LogP) is 3.48. The molecule has 2 aromatic rings. The lowest BCUT2D eigenvalue weighted by molar-refractivity contribution is -0.385. The number of hydrogen-bond acceptors (Lipinski definition) is 6. The molecule has 0 amide bonds. The molecule has 1 aromatic carbocycles. The van der Waals surface area contributed by atoms with Gasteiger partial charge >= 0.3 is 5.69 Å². The number of anilines is 1. The molecule has 2 heterocycles. The van der Waals surface area contributed by atoms with Gasteiger partial charge < -0.3 is 9.64 Å². The van der Waals surface area contributed by atoms with Crippen molar-refractivity contribution in [1.82, 2.24) is 9.97 Å². The highest BCUT2D eigenvalue weighted by Crippen LogP contribution is 2.35. The number of rotatable bonds is 6. The summed E-state index contributed by atoms with van der Waals surface area (Å²) in [6.07, 6.45) is 3.45. The Morgan fingerprint density at radius 1 is 1.19 bits per heavy atom. The topological polar surface area (TPSA) is 81.4 Å². The van der Waals surface area contributed by atoms with E-state index in [9.17, 15) is 10.1 Å². The standard InChI is InChI=1S/C19H24N4O3/c1-3-4-13-26-19-17(23(24)25)18(20-14(2)21-19)22-11-9-15-7-5-6-8-16(15)10-12-22/h5-8H,3-4,9-13H2,1-2H3. The lowest BCUT2D eigenvalue weighted by Crippen LogP contribution is -2.28. The molecule has 1 aliphatic heterocycles. The normalized spacial score (nSPS) is 13.8. The number of aryl methyl sites for hydroxylation is 1. The van der Waals surface area contributed by atoms with Crippen LogP contribution in [0.4, 0.5) is 11.5 Å². The van der Waals surface area contributed by atoms with Crippen LogP contribution in [0.25, 0.3) is 0 Å². The van der Waals surface area contributed by atoms with Crippen molar-refractivity contribution in [3.05, 3.63) is 51.3 Å². The first-order chi connectivity index (χ1) is 12.6. The molecule has 0 radical (unpaired) electrons. The van der Waals surface area contributed by atoms with Crippen LogP contribution >= 0.6 is 0 Å². The van der Waals surface area contributed by atoms with E-state index in [1.807, 2.05) is 24.0 Å². The van der Waals surface area contributed by atoms with Gasteiger partial charge in [-0.25, -0.2) is 4.98 Å². The lowest BCUT2D eigenvalue weighted by atomic mass is 10.0. The van der Waals surface area contributed by atoms with E-state index < -0.39 is 4.92 Å². The van der Waals surface area contributed by atoms with Crippen molar-refractivity contribution in [2.75, 3.05) is 24.6 Å². The molecule has 26 heavy (non-hydrogen) atoms. The molecule has 1 aliphatic rings. The number of nitro groups is 1. The van der Waals surface area contributed by atoms with Crippen molar-refractivity contribution in [3.8, 4) is 5.88 Å². The van der Waals surface area contributed by atoms with Gasteiger partial charge in [-0.1, -0.05) is 37.6 Å². The van der Waals surface area contributed by atoms with Crippen LogP contribution in [-0.2, 0) is 12.8 Å². The highest BCUT2D eigenvalue weighted by atomic mass is 16.6. The monoisotopic (exact) mass is 356 g/mol. The molecule has 0 atom stereocenters. The summed E-state index contributed by atoms with van der Waals surface area (Å²) in [6, 6.07) is 8.31. The van der Waals surface area contributed by atoms with Crippen molar-refractivity contribution < 1.29 is 9.66 Å². The van der Waals surface area contributed by atoms with E-state index >= 15 is 0 Å². The second-order valence-electron chi connectivity index (χ2n) is 6.46. The molecular formula is C19H24N4O3. The van der Waals surface area contributed by atoms with Gasteiger partial charge in [0.05, 0.1) is 11.5 Å². The number of ether oxygens (including phenoxy) is 1. The molecule has 0 unspecified atom stereocenters. The first-order valence-corrected chi connectivity index (χ1v) is 9.07. The molecule has 0 N–H and O–H groups in total. The van der Waals surface area contributed by atoms with Gasteiger partial charge in [-0.2, -0.15) is 4.98 Å². The highest BCUT2D eigenvalue weighted by Gasteiger charge is 2.30. The molecule has 1 aromatic heterocycles. The Balaban J connectivity index is 1.92. The first kappa shape index (κ1) is 18.1. The maximum Gasteiger partial charge on any atom is 0.372 e. The maximum atomic E-state index is 11.8. The third-order valence-corrected chi connectivity index (χ3v) is 4.58. The Bertz CT molecular complexity index is 767. The van der Waals surface area contributed by atoms with E-state index in [0.717, 1.165) is 25.7 Å². The summed E-state index contributed by atoms with van der Waals surface area (Å²) in [5, 5.41) is 11.8. The molecule has 138 valence electrons. The fourth-order valence-corrected chi connectivity index (χ4v) is 3.20. The van der Waals surface area contributed by atoms with Gasteiger partial charge in [-0.05, 0) is 37.3 Å². The van der Waals surface area contributed by atoms with Gasteiger partial charge in [0, 0.05) is 13.1 Å². The Kier molecular flexibility index (Phi) is 5.65. The Morgan fingerprint density at radius 2 is 1.85 bits per heavy atom. The van der Waals surface area contributed by atoms with Crippen molar-refractivity contribution in [2.24, 2.45) is 0 Å². The fourth-order valence-electron chi connectivity index (χ4n) is 3.20. The van der Waals surface area contributed by atoms with Crippen LogP contribution in [0.3, 0.4) is 0 Å². The third kappa shape index (κ3) is 3.92. The number of nitrogens with zero attached hydrogens (tertiary/aromatic N) is 4. The summed E-state index contributed by atoms with van der Waals surface area (Å²) in [5.41, 5.74) is 2.46. The van der Waals surface area contributed by atoms with E-state index in [0.29, 0.717) is 31.3 Å². The Morgan fingerprint density at radius 3 is 2.42 bits per heavy atom. The van der Waals surface area contributed by atoms with E-state index in [2.05, 4.69) is 22.1 Å². The van der Waals surface area contributed by atoms with E-state index in [1.54, 1.807) is 6.92 Å². The van der Waals surface area contributed by atoms with Crippen molar-refractivity contribution in [1.29, 1.82) is 0 Å². The SMILES string of the molecule is CCCCOc1nc(C)nc(N2CCc3ccccc3CC2)c1[N+](=O)[O-]. The minimum atomic E-state index is -0.423. The smallest absolute Gasteiger partial charge is 0.372 e. The maximum absolute atomic E-state index is 11.8. The summed E-state index contributed by atoms with van der Waals surface area (Å²) in [7, 11) is 0. The molecule has 7 heteroatoms. The zero-order valence-electron chi connectivity index (χ0n) is 15.3. The summed E-state index contributed by atoms with van der Waals surface area (Å²) >= 11 is 0. The first-order valence-electron chi connectivity index (χ1n) is 9.07. The molecule has 7 nitrogen and oxygen atoms in total. The summed E-state index contributed by atoms with van der Waals surface area (Å²) < 4.78 is 5.62. The highest BCUT2D eigenvalue weighted by molar-refractivity contribution is 5.63. The van der Waals surface area contributed by atoms with Gasteiger partial charge in [0.15, 0.2) is 0 Å². The van der Waals surface area contributed by atoms with Crippen molar-refractivity contribution in [2.45, 2.75) is 39.5 Å². The van der Waals surface area contributed by atoms with Gasteiger partial charge in [0.2, 0.25) is 5.82 Å². The predicted molar refractivity (Wildman–Crippen MR) is 99.9 cm³/mol. The number of benzene rings is 1. The Labute approximate surface area is 153 Å². The van der Waals surface area contributed by atoms with Gasteiger partial charge in [-0.3, -0.25) is 10.1 Å². The van der Waals surface area contributed by atoms with Crippen LogP contribution in [0, 0.1) is 17.0 Å². The fraction of sp³-hybridized carbons (Fsp3) is 0.474. The average molecular weight is 356 g/mol. The minimum absolute atomic E-state index is 0.0766. The molecule has 0 saturated heterocycles. The number of aromatic nitrogens is 2. The second-order valence-corrected chi connectivity index (χ2v) is 6.46. The second kappa shape index (κ2) is 8.12. The van der Waals surface area contributed by atoms with Crippen molar-refractivity contribution in [3.63, 3.8) is 0 Å². The van der Waals surface area contributed by atoms with Crippen LogP contribution in [0.2, 0.25) is 0 Å². The number of unbranched alkanes of at least 4 members (excludes halogenated alkanes) is 1. The number of fused-ring (bicyclic) bond motifs is 1. The summed E-state index contributed by atoms with van der Waals surface area (Å²) in [5.74, 6) is 0.924. The van der Waals surface area contributed by atoms with E-state index in [1.165, 1.54) is 11.1 Å². The largest absolute Gasteiger partial charge is 0.473 e. The Hall–Kier alpha value is -2.70. The van der Waals surface area contributed by atoms with E-state index in [4.69, 9.17) is 4.74 Å². The van der Waals surface area contributed by atoms with Gasteiger partial charge in [0.1, 0.15) is 5.82 Å². The van der Waals surface area contributed by atoms with Crippen LogP contribution in [0.1, 0.15) is 36.7 Å². The van der Waals surface area contributed by atoms with Gasteiger partial charge in [-0.15, -0.1) is 0 Å².